The van der Waals surface area contributed by atoms with Crippen LogP contribution in [0.4, 0.5) is 0 Å². The normalized spacial score (nSPS) is 10.6. The van der Waals surface area contributed by atoms with Gasteiger partial charge in [-0.2, -0.15) is 0 Å². The number of nitrogens with two attached hydrogens (primary N) is 1. The average Bonchev–Trinajstić information content (AvgIpc) is 2.50. The van der Waals surface area contributed by atoms with Crippen LogP contribution in [0.3, 0.4) is 0 Å². The van der Waals surface area contributed by atoms with Crippen LogP contribution in [0, 0.1) is 11.8 Å². The van der Waals surface area contributed by atoms with Gasteiger partial charge in [0.2, 0.25) is 0 Å². The van der Waals surface area contributed by atoms with E-state index in [0.29, 0.717) is 30.1 Å². The van der Waals surface area contributed by atoms with E-state index in [9.17, 15) is 8.42 Å². The van der Waals surface area contributed by atoms with Gasteiger partial charge in [-0.15, -0.1) is 0 Å². The predicted octanol–water partition coefficient (Wildman–Crippen LogP) is 1.21. The first-order valence-corrected chi connectivity index (χ1v) is 8.54. The van der Waals surface area contributed by atoms with Gasteiger partial charge in [0.25, 0.3) is 0 Å². The Bertz CT molecular complexity index is 614. The minimum atomic E-state index is -2.95. The van der Waals surface area contributed by atoms with E-state index in [1.54, 1.807) is 32.2 Å². The fourth-order valence-electron chi connectivity index (χ4n) is 1.61. The van der Waals surface area contributed by atoms with Gasteiger partial charge in [0.1, 0.15) is 21.3 Å². The maximum Gasteiger partial charge on any atom is 0.150 e. The summed E-state index contributed by atoms with van der Waals surface area (Å²) in [7, 11) is -1.38. The standard InChI is InChI=1S/C15H21NO4S/c1-3-21(17,18)11-5-10-20-15-8-7-14(19-2)12-13(15)6-4-9-16/h7-8,12H,3,5,9-11,16H2,1-2H3. The highest BCUT2D eigenvalue weighted by Crippen LogP contribution is 2.23. The molecule has 0 spiro atoms. The van der Waals surface area contributed by atoms with Crippen molar-refractivity contribution in [1.82, 2.24) is 0 Å². The molecule has 0 fully saturated rings. The lowest BCUT2D eigenvalue weighted by atomic mass is 10.2. The molecule has 0 aromatic heterocycles. The topological polar surface area (TPSA) is 78.6 Å². The van der Waals surface area contributed by atoms with Crippen molar-refractivity contribution in [2.45, 2.75) is 13.3 Å². The summed E-state index contributed by atoms with van der Waals surface area (Å²) in [6.07, 6.45) is 0.450. The van der Waals surface area contributed by atoms with Crippen LogP contribution in [0.5, 0.6) is 11.5 Å². The molecule has 0 radical (unpaired) electrons. The second kappa shape index (κ2) is 8.55. The molecular formula is C15H21NO4S. The van der Waals surface area contributed by atoms with E-state index in [4.69, 9.17) is 15.2 Å². The van der Waals surface area contributed by atoms with Gasteiger partial charge in [0.15, 0.2) is 0 Å². The first-order valence-electron chi connectivity index (χ1n) is 6.72. The van der Waals surface area contributed by atoms with Crippen molar-refractivity contribution in [2.24, 2.45) is 5.73 Å². The molecule has 0 aliphatic heterocycles. The molecule has 0 aliphatic carbocycles. The van der Waals surface area contributed by atoms with Crippen molar-refractivity contribution >= 4 is 9.84 Å². The molecule has 6 heteroatoms. The SMILES string of the molecule is CCS(=O)(=O)CCCOc1ccc(OC)cc1C#CCN. The molecule has 0 heterocycles. The molecule has 0 unspecified atom stereocenters. The number of methoxy groups -OCH3 is 1. The van der Waals surface area contributed by atoms with Crippen LogP contribution >= 0.6 is 0 Å². The van der Waals surface area contributed by atoms with Gasteiger partial charge in [-0.3, -0.25) is 0 Å². The Labute approximate surface area is 126 Å². The Morgan fingerprint density at radius 3 is 2.71 bits per heavy atom. The minimum absolute atomic E-state index is 0.128. The number of benzene rings is 1. The molecule has 0 bridgehead atoms. The molecule has 21 heavy (non-hydrogen) atoms. The lowest BCUT2D eigenvalue weighted by molar-refractivity contribution is 0.316. The zero-order valence-corrected chi connectivity index (χ0v) is 13.2. The number of rotatable bonds is 7. The monoisotopic (exact) mass is 311 g/mol. The van der Waals surface area contributed by atoms with E-state index in [-0.39, 0.29) is 18.1 Å². The molecule has 0 amide bonds. The summed E-state index contributed by atoms with van der Waals surface area (Å²) in [6, 6.07) is 5.29. The van der Waals surface area contributed by atoms with Crippen LogP contribution in [-0.4, -0.2) is 40.2 Å². The quantitative estimate of drug-likeness (QED) is 0.605. The third-order valence-electron chi connectivity index (χ3n) is 2.81. The zero-order chi connectivity index (χ0) is 15.7. The Morgan fingerprint density at radius 1 is 1.33 bits per heavy atom. The van der Waals surface area contributed by atoms with Gasteiger partial charge < -0.3 is 15.2 Å². The van der Waals surface area contributed by atoms with E-state index in [1.165, 1.54) is 0 Å². The summed E-state index contributed by atoms with van der Waals surface area (Å²) in [5.41, 5.74) is 6.05. The Balaban J connectivity index is 2.70. The van der Waals surface area contributed by atoms with Crippen molar-refractivity contribution in [1.29, 1.82) is 0 Å². The predicted molar refractivity (Wildman–Crippen MR) is 83.4 cm³/mol. The van der Waals surface area contributed by atoms with Crippen molar-refractivity contribution in [3.63, 3.8) is 0 Å². The molecule has 0 atom stereocenters. The molecule has 1 aromatic rings. The molecule has 0 aliphatic rings. The minimum Gasteiger partial charge on any atom is -0.497 e. The number of sulfone groups is 1. The molecule has 0 saturated heterocycles. The molecule has 116 valence electrons. The molecule has 0 saturated carbocycles. The second-order valence-electron chi connectivity index (χ2n) is 4.31. The van der Waals surface area contributed by atoms with Crippen LogP contribution in [0.2, 0.25) is 0 Å². The van der Waals surface area contributed by atoms with Gasteiger partial charge in [-0.1, -0.05) is 18.8 Å². The third kappa shape index (κ3) is 6.06. The highest BCUT2D eigenvalue weighted by atomic mass is 32.2. The summed E-state index contributed by atoms with van der Waals surface area (Å²) in [4.78, 5) is 0. The second-order valence-corrected chi connectivity index (χ2v) is 6.78. The maximum absolute atomic E-state index is 11.4. The van der Waals surface area contributed by atoms with Gasteiger partial charge in [0.05, 0.1) is 31.6 Å². The average molecular weight is 311 g/mol. The molecule has 5 nitrogen and oxygen atoms in total. The van der Waals surface area contributed by atoms with Gasteiger partial charge in [-0.25, -0.2) is 8.42 Å². The van der Waals surface area contributed by atoms with Gasteiger partial charge in [0, 0.05) is 5.75 Å². The zero-order valence-electron chi connectivity index (χ0n) is 12.4. The van der Waals surface area contributed by atoms with Crippen LogP contribution in [-0.2, 0) is 9.84 Å². The van der Waals surface area contributed by atoms with Crippen molar-refractivity contribution in [2.75, 3.05) is 31.8 Å². The van der Waals surface area contributed by atoms with Gasteiger partial charge >= 0.3 is 0 Å². The molecular weight excluding hydrogens is 290 g/mol. The fourth-order valence-corrected chi connectivity index (χ4v) is 2.46. The first kappa shape index (κ1) is 17.3. The summed E-state index contributed by atoms with van der Waals surface area (Å²) < 4.78 is 33.5. The highest BCUT2D eigenvalue weighted by Gasteiger charge is 2.08. The van der Waals surface area contributed by atoms with Crippen LogP contribution in [0.15, 0.2) is 18.2 Å². The smallest absolute Gasteiger partial charge is 0.150 e. The molecule has 1 aromatic carbocycles. The van der Waals surface area contributed by atoms with Crippen LogP contribution < -0.4 is 15.2 Å². The third-order valence-corrected chi connectivity index (χ3v) is 4.60. The first-order chi connectivity index (χ1) is 10.0. The van der Waals surface area contributed by atoms with Crippen LogP contribution in [0.1, 0.15) is 18.9 Å². The maximum atomic E-state index is 11.4. The van der Waals surface area contributed by atoms with Crippen molar-refractivity contribution < 1.29 is 17.9 Å². The number of hydrogen-bond donors (Lipinski definition) is 1. The molecule has 1 rings (SSSR count). The van der Waals surface area contributed by atoms with E-state index in [0.717, 1.165) is 0 Å². The summed E-state index contributed by atoms with van der Waals surface area (Å²) in [6.45, 7) is 2.22. The van der Waals surface area contributed by atoms with E-state index in [1.807, 2.05) is 0 Å². The molecule has 2 N–H and O–H groups in total. The summed E-state index contributed by atoms with van der Waals surface area (Å²) >= 11 is 0. The van der Waals surface area contributed by atoms with Crippen LogP contribution in [0.25, 0.3) is 0 Å². The Kier molecular flexibility index (Phi) is 7.06. The Hall–Kier alpha value is -1.71. The Morgan fingerprint density at radius 2 is 2.10 bits per heavy atom. The van der Waals surface area contributed by atoms with E-state index < -0.39 is 9.84 Å². The largest absolute Gasteiger partial charge is 0.497 e. The van der Waals surface area contributed by atoms with E-state index >= 15 is 0 Å². The fraction of sp³-hybridized carbons (Fsp3) is 0.467. The number of ether oxygens (including phenoxy) is 2. The van der Waals surface area contributed by atoms with Crippen molar-refractivity contribution in [3.8, 4) is 23.3 Å². The van der Waals surface area contributed by atoms with E-state index in [2.05, 4.69) is 11.8 Å². The highest BCUT2D eigenvalue weighted by molar-refractivity contribution is 7.91. The summed E-state index contributed by atoms with van der Waals surface area (Å²) in [5, 5.41) is 0. The lowest BCUT2D eigenvalue weighted by Crippen LogP contribution is -2.12. The number of hydrogen-bond acceptors (Lipinski definition) is 5. The van der Waals surface area contributed by atoms with Gasteiger partial charge in [-0.05, 0) is 24.6 Å². The van der Waals surface area contributed by atoms with Crippen molar-refractivity contribution in [3.05, 3.63) is 23.8 Å². The summed E-state index contributed by atoms with van der Waals surface area (Å²) in [5.74, 6) is 7.25. The lowest BCUT2D eigenvalue weighted by Gasteiger charge is -2.09.